The van der Waals surface area contributed by atoms with Crippen LogP contribution in [0.2, 0.25) is 5.02 Å². The lowest BCUT2D eigenvalue weighted by Crippen LogP contribution is -2.38. The molecule has 2 fully saturated rings. The summed E-state index contributed by atoms with van der Waals surface area (Å²) in [6, 6.07) is 7.81. The Bertz CT molecular complexity index is 741. The number of carbonyl (C=O) groups excluding carboxylic acids is 1. The fourth-order valence-electron chi connectivity index (χ4n) is 3.63. The van der Waals surface area contributed by atoms with Gasteiger partial charge in [-0.15, -0.1) is 5.10 Å². The molecule has 0 radical (unpaired) electrons. The first-order valence-corrected chi connectivity index (χ1v) is 8.01. The average molecular weight is 317 g/mol. The molecule has 114 valence electrons. The molecule has 0 spiro atoms. The first kappa shape index (κ1) is 13.8. The number of hydrogen-bond acceptors (Lipinski definition) is 3. The average Bonchev–Trinajstić information content (AvgIpc) is 3.22. The molecule has 1 amide bonds. The van der Waals surface area contributed by atoms with Crippen molar-refractivity contribution >= 4 is 17.5 Å². The summed E-state index contributed by atoms with van der Waals surface area (Å²) < 4.78 is 1.64. The Hall–Kier alpha value is -1.88. The van der Waals surface area contributed by atoms with E-state index < -0.39 is 0 Å². The number of amides is 1. The highest BCUT2D eigenvalue weighted by Crippen LogP contribution is 2.37. The molecule has 5 nitrogen and oxygen atoms in total. The van der Waals surface area contributed by atoms with Crippen molar-refractivity contribution in [2.75, 3.05) is 6.54 Å². The third-order valence-electron chi connectivity index (χ3n) is 4.71. The molecular formula is C16H17ClN4O. The Balaban J connectivity index is 1.66. The highest BCUT2D eigenvalue weighted by atomic mass is 35.5. The number of aryl methyl sites for hydroxylation is 1. The Morgan fingerprint density at radius 3 is 2.82 bits per heavy atom. The van der Waals surface area contributed by atoms with E-state index in [9.17, 15) is 4.79 Å². The Kier molecular flexibility index (Phi) is 3.18. The van der Waals surface area contributed by atoms with Gasteiger partial charge in [0, 0.05) is 12.6 Å². The lowest BCUT2D eigenvalue weighted by Gasteiger charge is -2.25. The van der Waals surface area contributed by atoms with Gasteiger partial charge in [0.15, 0.2) is 0 Å². The highest BCUT2D eigenvalue weighted by Gasteiger charge is 2.41. The van der Waals surface area contributed by atoms with Crippen molar-refractivity contribution in [1.29, 1.82) is 0 Å². The summed E-state index contributed by atoms with van der Waals surface area (Å²) in [5, 5.41) is 4.99. The summed E-state index contributed by atoms with van der Waals surface area (Å²) in [5.41, 5.74) is 0.746. The molecule has 1 aromatic carbocycles. The lowest BCUT2D eigenvalue weighted by molar-refractivity contribution is 0.0691. The van der Waals surface area contributed by atoms with Crippen LogP contribution in [0.5, 0.6) is 0 Å². The van der Waals surface area contributed by atoms with Gasteiger partial charge in [-0.3, -0.25) is 4.79 Å². The Labute approximate surface area is 133 Å². The minimum absolute atomic E-state index is 0.0545. The van der Waals surface area contributed by atoms with Gasteiger partial charge in [0.1, 0.15) is 5.82 Å². The third kappa shape index (κ3) is 2.11. The van der Waals surface area contributed by atoms with Crippen molar-refractivity contribution in [3.63, 3.8) is 0 Å². The fourth-order valence-corrected chi connectivity index (χ4v) is 3.85. The maximum absolute atomic E-state index is 12.7. The van der Waals surface area contributed by atoms with E-state index in [4.69, 9.17) is 11.6 Å². The maximum Gasteiger partial charge on any atom is 0.293 e. The van der Waals surface area contributed by atoms with Crippen molar-refractivity contribution in [2.45, 2.75) is 32.2 Å². The number of likely N-dealkylation sites (tertiary alicyclic amines) is 1. The summed E-state index contributed by atoms with van der Waals surface area (Å²) in [7, 11) is 0. The van der Waals surface area contributed by atoms with Gasteiger partial charge in [-0.25, -0.2) is 9.67 Å². The molecule has 1 aromatic heterocycles. The van der Waals surface area contributed by atoms with Gasteiger partial charge in [0.05, 0.1) is 10.7 Å². The summed E-state index contributed by atoms with van der Waals surface area (Å²) in [5.74, 6) is 1.55. The van der Waals surface area contributed by atoms with E-state index >= 15 is 0 Å². The van der Waals surface area contributed by atoms with Crippen LogP contribution in [-0.4, -0.2) is 38.2 Å². The number of para-hydroxylation sites is 1. The number of halogens is 1. The summed E-state index contributed by atoms with van der Waals surface area (Å²) >= 11 is 6.21. The van der Waals surface area contributed by atoms with Crippen LogP contribution >= 0.6 is 11.6 Å². The molecule has 0 N–H and O–H groups in total. The van der Waals surface area contributed by atoms with Crippen LogP contribution in [0, 0.1) is 12.8 Å². The molecule has 1 aliphatic carbocycles. The number of aromatic nitrogens is 3. The quantitative estimate of drug-likeness (QED) is 0.856. The number of piperidine rings is 1. The van der Waals surface area contributed by atoms with Crippen molar-refractivity contribution in [2.24, 2.45) is 5.92 Å². The first-order chi connectivity index (χ1) is 10.6. The minimum Gasteiger partial charge on any atom is -0.333 e. The second-order valence-corrected chi connectivity index (χ2v) is 6.54. The largest absolute Gasteiger partial charge is 0.333 e. The molecular weight excluding hydrogens is 300 g/mol. The predicted molar refractivity (Wildman–Crippen MR) is 83.3 cm³/mol. The monoisotopic (exact) mass is 316 g/mol. The molecule has 4 rings (SSSR count). The van der Waals surface area contributed by atoms with Gasteiger partial charge in [0.25, 0.3) is 5.91 Å². The Morgan fingerprint density at radius 1 is 1.32 bits per heavy atom. The topological polar surface area (TPSA) is 51.0 Å². The van der Waals surface area contributed by atoms with Gasteiger partial charge in [-0.05, 0) is 44.2 Å². The van der Waals surface area contributed by atoms with E-state index in [-0.39, 0.29) is 11.7 Å². The maximum atomic E-state index is 12.7. The van der Waals surface area contributed by atoms with Gasteiger partial charge in [-0.1, -0.05) is 23.7 Å². The van der Waals surface area contributed by atoms with Crippen LogP contribution < -0.4 is 0 Å². The zero-order chi connectivity index (χ0) is 15.3. The standard InChI is InChI=1S/C16H17ClN4O/c1-10-18-15(16(22)20-9-11-6-7-12(20)8-11)19-21(10)14-5-3-2-4-13(14)17/h2-5,11-12H,6-9H2,1H3. The lowest BCUT2D eigenvalue weighted by atomic mass is 10.1. The normalized spacial score (nSPS) is 23.3. The van der Waals surface area contributed by atoms with Crippen LogP contribution in [0.3, 0.4) is 0 Å². The number of rotatable bonds is 2. The zero-order valence-electron chi connectivity index (χ0n) is 12.4. The van der Waals surface area contributed by atoms with Crippen LogP contribution in [0.15, 0.2) is 24.3 Å². The number of nitrogens with zero attached hydrogens (tertiary/aromatic N) is 4. The van der Waals surface area contributed by atoms with Crippen LogP contribution in [-0.2, 0) is 0 Å². The molecule has 1 aliphatic heterocycles. The smallest absolute Gasteiger partial charge is 0.293 e. The van der Waals surface area contributed by atoms with E-state index in [1.807, 2.05) is 30.0 Å². The molecule has 1 saturated heterocycles. The van der Waals surface area contributed by atoms with E-state index in [0.717, 1.165) is 25.1 Å². The van der Waals surface area contributed by atoms with E-state index in [2.05, 4.69) is 10.1 Å². The summed E-state index contributed by atoms with van der Waals surface area (Å²) in [6.07, 6.45) is 3.49. The van der Waals surface area contributed by atoms with Gasteiger partial charge >= 0.3 is 0 Å². The third-order valence-corrected chi connectivity index (χ3v) is 5.03. The SMILES string of the molecule is Cc1nc(C(=O)N2CC3CCC2C3)nn1-c1ccccc1Cl. The highest BCUT2D eigenvalue weighted by molar-refractivity contribution is 6.32. The molecule has 2 unspecified atom stereocenters. The van der Waals surface area contributed by atoms with Crippen LogP contribution in [0.1, 0.15) is 35.7 Å². The van der Waals surface area contributed by atoms with E-state index in [1.165, 1.54) is 6.42 Å². The van der Waals surface area contributed by atoms with Crippen molar-refractivity contribution in [3.8, 4) is 5.69 Å². The molecule has 1 saturated carbocycles. The molecule has 6 heteroatoms. The second kappa shape index (κ2) is 5.09. The summed E-state index contributed by atoms with van der Waals surface area (Å²) in [6.45, 7) is 2.69. The van der Waals surface area contributed by atoms with Crippen molar-refractivity contribution in [1.82, 2.24) is 19.7 Å². The van der Waals surface area contributed by atoms with Gasteiger partial charge in [-0.2, -0.15) is 0 Å². The van der Waals surface area contributed by atoms with Crippen LogP contribution in [0.4, 0.5) is 0 Å². The molecule has 2 aliphatic rings. The van der Waals surface area contributed by atoms with E-state index in [1.54, 1.807) is 10.7 Å². The first-order valence-electron chi connectivity index (χ1n) is 7.63. The van der Waals surface area contributed by atoms with Crippen molar-refractivity contribution < 1.29 is 4.79 Å². The van der Waals surface area contributed by atoms with Gasteiger partial charge in [0.2, 0.25) is 5.82 Å². The fraction of sp³-hybridized carbons (Fsp3) is 0.438. The molecule has 2 bridgehead atoms. The zero-order valence-corrected chi connectivity index (χ0v) is 13.1. The summed E-state index contributed by atoms with van der Waals surface area (Å²) in [4.78, 5) is 19.0. The molecule has 22 heavy (non-hydrogen) atoms. The van der Waals surface area contributed by atoms with Crippen LogP contribution in [0.25, 0.3) is 5.69 Å². The van der Waals surface area contributed by atoms with Gasteiger partial charge < -0.3 is 4.90 Å². The van der Waals surface area contributed by atoms with Crippen molar-refractivity contribution in [3.05, 3.63) is 40.9 Å². The number of fused-ring (bicyclic) bond motifs is 2. The number of hydrogen-bond donors (Lipinski definition) is 0. The van der Waals surface area contributed by atoms with E-state index in [0.29, 0.717) is 22.8 Å². The minimum atomic E-state index is -0.0545. The second-order valence-electron chi connectivity index (χ2n) is 6.14. The predicted octanol–water partition coefficient (Wildman–Crippen LogP) is 2.85. The molecule has 2 aromatic rings. The number of carbonyl (C=O) groups is 1. The molecule has 2 heterocycles. The number of benzene rings is 1. The Morgan fingerprint density at radius 2 is 2.14 bits per heavy atom. The molecule has 2 atom stereocenters.